The Morgan fingerprint density at radius 1 is 1.06 bits per heavy atom. The summed E-state index contributed by atoms with van der Waals surface area (Å²) in [4.78, 5) is 19.0. The van der Waals surface area contributed by atoms with Crippen molar-refractivity contribution >= 4 is 27.3 Å². The van der Waals surface area contributed by atoms with Gasteiger partial charge in [-0.1, -0.05) is 18.2 Å². The second-order valence-corrected chi connectivity index (χ2v) is 15.8. The van der Waals surface area contributed by atoms with Crippen molar-refractivity contribution in [3.63, 3.8) is 0 Å². The van der Waals surface area contributed by atoms with E-state index in [2.05, 4.69) is 21.5 Å². The lowest BCUT2D eigenvalue weighted by molar-refractivity contribution is 0.0184. The van der Waals surface area contributed by atoms with Crippen molar-refractivity contribution in [2.24, 2.45) is 0 Å². The number of sulfonamides is 1. The second kappa shape index (κ2) is 13.9. The molecule has 0 radical (unpaired) electrons. The summed E-state index contributed by atoms with van der Waals surface area (Å²) in [5.74, 6) is 0.248. The third-order valence-corrected chi connectivity index (χ3v) is 11.0. The van der Waals surface area contributed by atoms with Crippen molar-refractivity contribution in [1.82, 2.24) is 29.3 Å². The average molecular weight is 712 g/mol. The first-order valence-corrected chi connectivity index (χ1v) is 18.6. The van der Waals surface area contributed by atoms with Crippen LogP contribution >= 0.6 is 0 Å². The summed E-state index contributed by atoms with van der Waals surface area (Å²) in [7, 11) is -3.96. The van der Waals surface area contributed by atoms with E-state index in [1.807, 2.05) is 37.7 Å². The largest absolute Gasteiger partial charge is 0.473 e. The van der Waals surface area contributed by atoms with E-state index in [1.165, 1.54) is 4.31 Å². The van der Waals surface area contributed by atoms with Gasteiger partial charge in [0.2, 0.25) is 5.88 Å². The number of nitrogens with zero attached hydrogens (tertiary/aromatic N) is 6. The molecule has 1 unspecified atom stereocenters. The lowest BCUT2D eigenvalue weighted by atomic mass is 9.94. The summed E-state index contributed by atoms with van der Waals surface area (Å²) in [6.07, 6.45) is 12.5. The molecule has 13 nitrogen and oxygen atoms in total. The van der Waals surface area contributed by atoms with Crippen LogP contribution in [0.4, 0.5) is 4.79 Å². The highest BCUT2D eigenvalue weighted by Crippen LogP contribution is 2.41. The number of carbonyl (C=O) groups excluding carboxylic acids is 1. The van der Waals surface area contributed by atoms with Gasteiger partial charge >= 0.3 is 6.09 Å². The maximum Gasteiger partial charge on any atom is 0.410 e. The van der Waals surface area contributed by atoms with Gasteiger partial charge in [0.15, 0.2) is 0 Å². The highest BCUT2D eigenvalue weighted by molar-refractivity contribution is 7.89. The molecule has 6 heterocycles. The van der Waals surface area contributed by atoms with E-state index in [9.17, 15) is 18.5 Å². The first kappa shape index (κ1) is 34.3. The van der Waals surface area contributed by atoms with Gasteiger partial charge < -0.3 is 24.4 Å². The van der Waals surface area contributed by atoms with E-state index in [1.54, 1.807) is 66.1 Å². The molecular formula is C37H41N7O6S. The van der Waals surface area contributed by atoms with Gasteiger partial charge in [0.05, 0.1) is 30.3 Å². The number of ether oxygens (including phenoxy) is 3. The Balaban J connectivity index is 1.16. The van der Waals surface area contributed by atoms with Gasteiger partial charge in [0.1, 0.15) is 29.5 Å². The molecule has 1 amide bonds. The van der Waals surface area contributed by atoms with Crippen molar-refractivity contribution in [3.05, 3.63) is 95.7 Å². The summed E-state index contributed by atoms with van der Waals surface area (Å²) in [5, 5.41) is 18.1. The summed E-state index contributed by atoms with van der Waals surface area (Å²) >= 11 is 0. The molecule has 2 aromatic heterocycles. The Morgan fingerprint density at radius 3 is 2.51 bits per heavy atom. The number of rotatable bonds is 7. The number of carbonyl (C=O) groups is 1. The highest BCUT2D eigenvalue weighted by Gasteiger charge is 2.40. The van der Waals surface area contributed by atoms with Crippen molar-refractivity contribution in [1.29, 1.82) is 5.26 Å². The molecule has 1 atom stereocenters. The molecule has 3 aromatic rings. The quantitative estimate of drug-likeness (QED) is 0.345. The monoisotopic (exact) mass is 711 g/mol. The van der Waals surface area contributed by atoms with E-state index < -0.39 is 21.8 Å². The maximum atomic E-state index is 14.0. The predicted molar refractivity (Wildman–Crippen MR) is 188 cm³/mol. The standard InChI is InChI=1S/C37H41N7O6S/c1-37(2,3)50-36(45)42-13-9-29(10-14-42)43-23-28(22-41-43)26-18-32-33(24-44(34(32)39-20-26)51(46,47)31-7-5-4-6-8-31)27-17-25(19-38)35(40-21-27)49-30-11-15-48-16-12-30/h4-8,17-18,20-24,29-30,34,39H,9-16H2,1-3H3. The SMILES string of the molecule is CC(C)(C)OC(=O)N1CCC(n2cc(C3=CNC4C(=C3)C(c3cnc(OC5CCOCC5)c(C#N)c3)=CN4S(=O)(=O)c3ccccc3)cn2)CC1. The molecule has 1 aromatic carbocycles. The Bertz CT molecular complexity index is 2030. The number of piperidine rings is 1. The van der Waals surface area contributed by atoms with Gasteiger partial charge in [-0.3, -0.25) is 4.68 Å². The lowest BCUT2D eigenvalue weighted by Crippen LogP contribution is -2.43. The van der Waals surface area contributed by atoms with Gasteiger partial charge in [0, 0.05) is 78.6 Å². The highest BCUT2D eigenvalue weighted by atomic mass is 32.2. The average Bonchev–Trinajstić information content (AvgIpc) is 3.78. The third-order valence-electron chi connectivity index (χ3n) is 9.30. The van der Waals surface area contributed by atoms with Crippen LogP contribution in [0.25, 0.3) is 11.1 Å². The zero-order chi connectivity index (χ0) is 35.8. The van der Waals surface area contributed by atoms with E-state index >= 15 is 0 Å². The van der Waals surface area contributed by atoms with Gasteiger partial charge in [-0.25, -0.2) is 22.5 Å². The molecule has 1 N–H and O–H groups in total. The number of dihydropyridines is 1. The van der Waals surface area contributed by atoms with E-state index in [4.69, 9.17) is 14.2 Å². The fourth-order valence-electron chi connectivity index (χ4n) is 6.64. The van der Waals surface area contributed by atoms with Crippen LogP contribution in [0.5, 0.6) is 5.88 Å². The molecule has 266 valence electrons. The van der Waals surface area contributed by atoms with Gasteiger partial charge in [0.25, 0.3) is 10.0 Å². The first-order chi connectivity index (χ1) is 24.5. The number of amides is 1. The summed E-state index contributed by atoms with van der Waals surface area (Å²) < 4.78 is 48.3. The summed E-state index contributed by atoms with van der Waals surface area (Å²) in [6, 6.07) is 12.3. The Morgan fingerprint density at radius 2 is 1.80 bits per heavy atom. The fourth-order valence-corrected chi connectivity index (χ4v) is 8.08. The number of aromatic nitrogens is 3. The number of hydrogen-bond donors (Lipinski definition) is 1. The normalized spacial score (nSPS) is 20.0. The molecule has 2 saturated heterocycles. The van der Waals surface area contributed by atoms with Crippen LogP contribution < -0.4 is 10.1 Å². The van der Waals surface area contributed by atoms with Crippen molar-refractivity contribution in [2.45, 2.75) is 75.3 Å². The molecule has 0 bridgehead atoms. The van der Waals surface area contributed by atoms with Crippen LogP contribution in [-0.2, 0) is 19.5 Å². The maximum absolute atomic E-state index is 14.0. The zero-order valence-electron chi connectivity index (χ0n) is 28.9. The van der Waals surface area contributed by atoms with Crippen LogP contribution in [0.2, 0.25) is 0 Å². The number of nitriles is 1. The fraction of sp³-hybridized carbons (Fsp3) is 0.405. The van der Waals surface area contributed by atoms with Crippen LogP contribution in [0.15, 0.2) is 83.9 Å². The lowest BCUT2D eigenvalue weighted by Gasteiger charge is -2.33. The first-order valence-electron chi connectivity index (χ1n) is 17.2. The summed E-state index contributed by atoms with van der Waals surface area (Å²) in [6.45, 7) is 7.91. The molecule has 2 fully saturated rings. The van der Waals surface area contributed by atoms with Crippen molar-refractivity contribution in [2.75, 3.05) is 26.3 Å². The Kier molecular flexibility index (Phi) is 9.34. The second-order valence-electron chi connectivity index (χ2n) is 14.0. The van der Waals surface area contributed by atoms with Crippen molar-refractivity contribution in [3.8, 4) is 11.9 Å². The number of nitrogens with one attached hydrogen (secondary N) is 1. The molecule has 4 aliphatic heterocycles. The minimum atomic E-state index is -3.96. The van der Waals surface area contributed by atoms with Gasteiger partial charge in [-0.15, -0.1) is 0 Å². The number of hydrogen-bond acceptors (Lipinski definition) is 10. The summed E-state index contributed by atoms with van der Waals surface area (Å²) in [5.41, 5.74) is 3.28. The molecule has 14 heteroatoms. The number of fused-ring (bicyclic) bond motifs is 1. The smallest absolute Gasteiger partial charge is 0.410 e. The Labute approximate surface area is 297 Å². The molecule has 51 heavy (non-hydrogen) atoms. The van der Waals surface area contributed by atoms with Crippen LogP contribution in [0, 0.1) is 11.3 Å². The van der Waals surface area contributed by atoms with Crippen LogP contribution in [0.1, 0.15) is 69.2 Å². The van der Waals surface area contributed by atoms with Crippen molar-refractivity contribution < 1.29 is 27.4 Å². The van der Waals surface area contributed by atoms with E-state index in [0.29, 0.717) is 55.9 Å². The molecule has 0 aliphatic carbocycles. The molecule has 7 rings (SSSR count). The molecule has 0 saturated carbocycles. The minimum Gasteiger partial charge on any atom is -0.473 e. The Hall–Kier alpha value is -5.13. The molecular weight excluding hydrogens is 671 g/mol. The number of allylic oxidation sites excluding steroid dienone is 2. The number of likely N-dealkylation sites (tertiary alicyclic amines) is 1. The molecule has 0 spiro atoms. The number of pyridine rings is 1. The minimum absolute atomic E-state index is 0.0952. The van der Waals surface area contributed by atoms with E-state index in [0.717, 1.165) is 24.0 Å². The van der Waals surface area contributed by atoms with Gasteiger partial charge in [-0.2, -0.15) is 10.4 Å². The van der Waals surface area contributed by atoms with Crippen LogP contribution in [-0.4, -0.2) is 82.7 Å². The number of benzene rings is 1. The van der Waals surface area contributed by atoms with E-state index in [-0.39, 0.29) is 34.6 Å². The predicted octanol–water partition coefficient (Wildman–Crippen LogP) is 5.22. The van der Waals surface area contributed by atoms with Crippen LogP contribution in [0.3, 0.4) is 0 Å². The topological polar surface area (TPSA) is 152 Å². The zero-order valence-corrected chi connectivity index (χ0v) is 29.7. The third kappa shape index (κ3) is 7.22. The van der Waals surface area contributed by atoms with Gasteiger partial charge in [-0.05, 0) is 57.9 Å². The molecule has 4 aliphatic rings.